The van der Waals surface area contributed by atoms with Crippen LogP contribution in [0.2, 0.25) is 0 Å². The number of rotatable bonds is 5. The molecule has 0 heterocycles. The molecule has 0 aromatic heterocycles. The zero-order chi connectivity index (χ0) is 11.1. The van der Waals surface area contributed by atoms with E-state index in [-0.39, 0.29) is 12.3 Å². The Morgan fingerprint density at radius 3 is 2.43 bits per heavy atom. The van der Waals surface area contributed by atoms with Crippen molar-refractivity contribution in [1.82, 2.24) is 5.32 Å². The zero-order valence-electron chi connectivity index (χ0n) is 8.41. The van der Waals surface area contributed by atoms with Gasteiger partial charge in [0.15, 0.2) is 0 Å². The van der Waals surface area contributed by atoms with Crippen molar-refractivity contribution in [2.45, 2.75) is 32.7 Å². The zero-order valence-corrected chi connectivity index (χ0v) is 8.41. The lowest BCUT2D eigenvalue weighted by molar-refractivity contribution is -0.142. The van der Waals surface area contributed by atoms with Crippen molar-refractivity contribution in [3.05, 3.63) is 0 Å². The summed E-state index contributed by atoms with van der Waals surface area (Å²) in [5.41, 5.74) is 0. The smallest absolute Gasteiger partial charge is 0.326 e. The maximum absolute atomic E-state index is 11.0. The molecule has 78 valence electrons. The van der Waals surface area contributed by atoms with Crippen molar-refractivity contribution < 1.29 is 14.7 Å². The van der Waals surface area contributed by atoms with Gasteiger partial charge in [0.1, 0.15) is 6.04 Å². The van der Waals surface area contributed by atoms with Crippen LogP contribution in [0.5, 0.6) is 0 Å². The number of amides is 1. The summed E-state index contributed by atoms with van der Waals surface area (Å²) >= 11 is 0. The summed E-state index contributed by atoms with van der Waals surface area (Å²) in [5, 5.41) is 11.1. The lowest BCUT2D eigenvalue weighted by atomic mass is 10.0. The highest BCUT2D eigenvalue weighted by Gasteiger charge is 2.20. The monoisotopic (exact) mass is 197 g/mol. The van der Waals surface area contributed by atoms with Crippen LogP contribution in [0, 0.1) is 18.3 Å². The van der Waals surface area contributed by atoms with Gasteiger partial charge in [-0.3, -0.25) is 4.79 Å². The van der Waals surface area contributed by atoms with Crippen LogP contribution in [0.3, 0.4) is 0 Å². The Morgan fingerprint density at radius 2 is 2.07 bits per heavy atom. The highest BCUT2D eigenvalue weighted by atomic mass is 16.4. The van der Waals surface area contributed by atoms with Crippen molar-refractivity contribution in [1.29, 1.82) is 0 Å². The van der Waals surface area contributed by atoms with E-state index in [9.17, 15) is 9.59 Å². The van der Waals surface area contributed by atoms with Crippen molar-refractivity contribution in [3.63, 3.8) is 0 Å². The second kappa shape index (κ2) is 6.03. The van der Waals surface area contributed by atoms with Gasteiger partial charge in [0.25, 0.3) is 0 Å². The molecule has 0 spiro atoms. The summed E-state index contributed by atoms with van der Waals surface area (Å²) in [6, 6.07) is -0.837. The predicted molar refractivity (Wildman–Crippen MR) is 52.5 cm³/mol. The molecule has 0 radical (unpaired) electrons. The molecule has 0 bridgehead atoms. The molecule has 0 saturated heterocycles. The van der Waals surface area contributed by atoms with Gasteiger partial charge in [0.05, 0.1) is 6.42 Å². The molecule has 0 aliphatic rings. The summed E-state index contributed by atoms with van der Waals surface area (Å²) in [5.74, 6) is 0.930. The molecule has 4 heteroatoms. The fourth-order valence-corrected chi connectivity index (χ4v) is 1.03. The molecule has 2 N–H and O–H groups in total. The Hall–Kier alpha value is -1.50. The van der Waals surface area contributed by atoms with Gasteiger partial charge in [0, 0.05) is 0 Å². The predicted octanol–water partition coefficient (Wildman–Crippen LogP) is 0.625. The largest absolute Gasteiger partial charge is 0.480 e. The van der Waals surface area contributed by atoms with E-state index in [2.05, 4.69) is 11.2 Å². The molecule has 0 aromatic rings. The fourth-order valence-electron chi connectivity index (χ4n) is 1.03. The highest BCUT2D eigenvalue weighted by Crippen LogP contribution is 2.04. The van der Waals surface area contributed by atoms with E-state index < -0.39 is 17.9 Å². The van der Waals surface area contributed by atoms with Gasteiger partial charge in [-0.25, -0.2) is 4.79 Å². The van der Waals surface area contributed by atoms with Crippen LogP contribution in [0.1, 0.15) is 26.7 Å². The van der Waals surface area contributed by atoms with Gasteiger partial charge in [-0.05, 0) is 12.3 Å². The maximum Gasteiger partial charge on any atom is 0.326 e. The van der Waals surface area contributed by atoms with Crippen LogP contribution in [-0.4, -0.2) is 23.0 Å². The van der Waals surface area contributed by atoms with Crippen LogP contribution >= 0.6 is 0 Å². The van der Waals surface area contributed by atoms with Gasteiger partial charge in [-0.2, -0.15) is 0 Å². The van der Waals surface area contributed by atoms with E-state index in [1.54, 1.807) is 0 Å². The average molecular weight is 197 g/mol. The minimum Gasteiger partial charge on any atom is -0.480 e. The molecule has 0 aliphatic carbocycles. The van der Waals surface area contributed by atoms with Crippen molar-refractivity contribution >= 4 is 11.9 Å². The lowest BCUT2D eigenvalue weighted by Gasteiger charge is -2.15. The molecule has 1 amide bonds. The van der Waals surface area contributed by atoms with Gasteiger partial charge in [0.2, 0.25) is 5.91 Å². The number of hydrogen-bond donors (Lipinski definition) is 2. The van der Waals surface area contributed by atoms with Crippen molar-refractivity contribution in [2.75, 3.05) is 0 Å². The number of hydrogen-bond acceptors (Lipinski definition) is 2. The van der Waals surface area contributed by atoms with Crippen LogP contribution in [0.15, 0.2) is 0 Å². The summed E-state index contributed by atoms with van der Waals surface area (Å²) in [4.78, 5) is 21.7. The van der Waals surface area contributed by atoms with Crippen LogP contribution in [-0.2, 0) is 9.59 Å². The summed E-state index contributed by atoms with van der Waals surface area (Å²) in [7, 11) is 0. The number of nitrogens with one attached hydrogen (secondary N) is 1. The molecule has 0 aliphatic heterocycles. The SMILES string of the molecule is C#CCC(=O)N[C@H](CC(C)C)C(=O)O. The fraction of sp³-hybridized carbons (Fsp3) is 0.600. The molecule has 0 aromatic carbocycles. The van der Waals surface area contributed by atoms with E-state index in [0.29, 0.717) is 6.42 Å². The number of carbonyl (C=O) groups excluding carboxylic acids is 1. The third-order valence-electron chi connectivity index (χ3n) is 1.60. The van der Waals surface area contributed by atoms with Gasteiger partial charge in [-0.15, -0.1) is 6.42 Å². The first-order chi connectivity index (χ1) is 6.47. The first kappa shape index (κ1) is 12.5. The Kier molecular flexibility index (Phi) is 5.38. The van der Waals surface area contributed by atoms with E-state index in [1.165, 1.54) is 0 Å². The molecule has 0 unspecified atom stereocenters. The third kappa shape index (κ3) is 5.20. The van der Waals surface area contributed by atoms with Crippen LogP contribution in [0.4, 0.5) is 0 Å². The summed E-state index contributed by atoms with van der Waals surface area (Å²) in [6.07, 6.45) is 5.25. The second-order valence-corrected chi connectivity index (χ2v) is 3.47. The van der Waals surface area contributed by atoms with E-state index in [0.717, 1.165) is 0 Å². The third-order valence-corrected chi connectivity index (χ3v) is 1.60. The number of terminal acetylenes is 1. The number of aliphatic carboxylic acids is 1. The maximum atomic E-state index is 11.0. The lowest BCUT2D eigenvalue weighted by Crippen LogP contribution is -2.41. The normalized spacial score (nSPS) is 11.9. The first-order valence-electron chi connectivity index (χ1n) is 4.43. The van der Waals surface area contributed by atoms with Gasteiger partial charge >= 0.3 is 5.97 Å². The standard InChI is InChI=1S/C10H15NO3/c1-4-5-9(12)11-8(10(13)14)6-7(2)3/h1,7-8H,5-6H2,2-3H3,(H,11,12)(H,13,14)/t8-/m1/s1. The minimum atomic E-state index is -1.02. The molecule has 0 saturated carbocycles. The molecular formula is C10H15NO3. The summed E-state index contributed by atoms with van der Waals surface area (Å²) < 4.78 is 0. The number of carboxylic acid groups (broad SMARTS) is 1. The minimum absolute atomic E-state index is 0.0815. The molecular weight excluding hydrogens is 182 g/mol. The molecule has 1 atom stereocenters. The first-order valence-corrected chi connectivity index (χ1v) is 4.43. The number of carbonyl (C=O) groups is 2. The van der Waals surface area contributed by atoms with E-state index in [4.69, 9.17) is 11.5 Å². The second-order valence-electron chi connectivity index (χ2n) is 3.47. The Labute approximate surface area is 83.7 Å². The average Bonchev–Trinajstić information content (AvgIpc) is 2.02. The Morgan fingerprint density at radius 1 is 1.50 bits per heavy atom. The van der Waals surface area contributed by atoms with E-state index >= 15 is 0 Å². The Balaban J connectivity index is 4.17. The summed E-state index contributed by atoms with van der Waals surface area (Å²) in [6.45, 7) is 3.78. The topological polar surface area (TPSA) is 66.4 Å². The van der Waals surface area contributed by atoms with E-state index in [1.807, 2.05) is 13.8 Å². The van der Waals surface area contributed by atoms with Crippen LogP contribution in [0.25, 0.3) is 0 Å². The van der Waals surface area contributed by atoms with Gasteiger partial charge in [-0.1, -0.05) is 19.8 Å². The number of carboxylic acids is 1. The van der Waals surface area contributed by atoms with Crippen molar-refractivity contribution in [3.8, 4) is 12.3 Å². The molecule has 4 nitrogen and oxygen atoms in total. The molecule has 0 rings (SSSR count). The highest BCUT2D eigenvalue weighted by molar-refractivity contribution is 5.84. The quantitative estimate of drug-likeness (QED) is 0.635. The molecule has 0 fully saturated rings. The van der Waals surface area contributed by atoms with Crippen LogP contribution < -0.4 is 5.32 Å². The molecule has 14 heavy (non-hydrogen) atoms. The van der Waals surface area contributed by atoms with Crippen molar-refractivity contribution in [2.24, 2.45) is 5.92 Å². The van der Waals surface area contributed by atoms with Gasteiger partial charge < -0.3 is 10.4 Å². The Bertz CT molecular complexity index is 253.